The Hall–Kier alpha value is -0.480. The molecule has 2 nitrogen and oxygen atoms in total. The van der Waals surface area contributed by atoms with E-state index in [0.717, 1.165) is 17.6 Å². The van der Waals surface area contributed by atoms with E-state index >= 15 is 0 Å². The number of hydrogen-bond acceptors (Lipinski definition) is 2. The molecule has 1 aliphatic rings. The summed E-state index contributed by atoms with van der Waals surface area (Å²) in [6.07, 6.45) is 2.70. The van der Waals surface area contributed by atoms with Crippen LogP contribution in [0.4, 0.5) is 5.69 Å². The molecule has 0 spiro atoms. The molecular formula is C12H14BrNOS. The number of hydrogen-bond donors (Lipinski definition) is 0. The lowest BCUT2D eigenvalue weighted by atomic mass is 10.2. The van der Waals surface area contributed by atoms with Crippen molar-refractivity contribution < 1.29 is 4.79 Å². The van der Waals surface area contributed by atoms with Crippen LogP contribution in [0.3, 0.4) is 0 Å². The Balaban J connectivity index is 2.27. The molecule has 1 unspecified atom stereocenters. The Morgan fingerprint density at radius 2 is 2.25 bits per heavy atom. The van der Waals surface area contributed by atoms with Gasteiger partial charge in [0.1, 0.15) is 0 Å². The zero-order chi connectivity index (χ0) is 11.5. The van der Waals surface area contributed by atoms with Gasteiger partial charge in [0, 0.05) is 23.2 Å². The average Bonchev–Trinajstić information content (AvgIpc) is 2.70. The first kappa shape index (κ1) is 12.0. The van der Waals surface area contributed by atoms with E-state index in [-0.39, 0.29) is 5.91 Å². The molecule has 1 atom stereocenters. The zero-order valence-electron chi connectivity index (χ0n) is 9.15. The topological polar surface area (TPSA) is 20.3 Å². The molecule has 0 bridgehead atoms. The van der Waals surface area contributed by atoms with Crippen molar-refractivity contribution in [3.63, 3.8) is 0 Å². The van der Waals surface area contributed by atoms with Crippen LogP contribution in [0.5, 0.6) is 0 Å². The maximum atomic E-state index is 11.9. The summed E-state index contributed by atoms with van der Waals surface area (Å²) >= 11 is 5.14. The fourth-order valence-electron chi connectivity index (χ4n) is 1.97. The molecule has 1 fully saturated rings. The van der Waals surface area contributed by atoms with Gasteiger partial charge in [0.2, 0.25) is 5.91 Å². The highest BCUT2D eigenvalue weighted by Gasteiger charge is 2.30. The van der Waals surface area contributed by atoms with E-state index in [1.54, 1.807) is 11.8 Å². The van der Waals surface area contributed by atoms with Crippen molar-refractivity contribution in [2.45, 2.75) is 11.3 Å². The lowest BCUT2D eigenvalue weighted by Crippen LogP contribution is -2.25. The van der Waals surface area contributed by atoms with Crippen LogP contribution in [0.25, 0.3) is 0 Å². The first-order chi connectivity index (χ1) is 7.76. The van der Waals surface area contributed by atoms with E-state index in [1.807, 2.05) is 29.4 Å². The van der Waals surface area contributed by atoms with Crippen molar-refractivity contribution in [3.8, 4) is 0 Å². The molecule has 1 saturated heterocycles. The van der Waals surface area contributed by atoms with Crippen molar-refractivity contribution in [1.82, 2.24) is 0 Å². The van der Waals surface area contributed by atoms with Gasteiger partial charge in [0.25, 0.3) is 0 Å². The summed E-state index contributed by atoms with van der Waals surface area (Å²) in [5.41, 5.74) is 1.06. The molecule has 4 heteroatoms. The van der Waals surface area contributed by atoms with Crippen molar-refractivity contribution in [2.75, 3.05) is 23.0 Å². The third-order valence-electron chi connectivity index (χ3n) is 2.80. The highest BCUT2D eigenvalue weighted by Crippen LogP contribution is 2.33. The van der Waals surface area contributed by atoms with Gasteiger partial charge in [-0.1, -0.05) is 28.1 Å². The lowest BCUT2D eigenvalue weighted by Gasteiger charge is -2.19. The number of thioether (sulfide) groups is 1. The third kappa shape index (κ3) is 2.28. The van der Waals surface area contributed by atoms with E-state index in [0.29, 0.717) is 12.3 Å². The molecule has 1 heterocycles. The smallest absolute Gasteiger partial charge is 0.227 e. The summed E-state index contributed by atoms with van der Waals surface area (Å²) in [5.74, 6) is 0.688. The number of halogens is 1. The summed E-state index contributed by atoms with van der Waals surface area (Å²) in [6.45, 7) is 0.835. The molecule has 16 heavy (non-hydrogen) atoms. The van der Waals surface area contributed by atoms with Gasteiger partial charge >= 0.3 is 0 Å². The maximum absolute atomic E-state index is 11.9. The minimum Gasteiger partial charge on any atom is -0.311 e. The van der Waals surface area contributed by atoms with Crippen LogP contribution in [0.15, 0.2) is 29.2 Å². The number of nitrogens with zero attached hydrogens (tertiary/aromatic N) is 1. The predicted octanol–water partition coefficient (Wildman–Crippen LogP) is 3.16. The molecule has 1 aromatic carbocycles. The predicted molar refractivity (Wildman–Crippen MR) is 72.5 cm³/mol. The lowest BCUT2D eigenvalue weighted by molar-refractivity contribution is -0.117. The van der Waals surface area contributed by atoms with Gasteiger partial charge in [0.15, 0.2) is 0 Å². The SMILES string of the molecule is CSc1ccccc1N1CC(CBr)CC1=O. The van der Waals surface area contributed by atoms with Crippen LogP contribution in [0.2, 0.25) is 0 Å². The summed E-state index contributed by atoms with van der Waals surface area (Å²) in [6, 6.07) is 8.09. The standard InChI is InChI=1S/C12H14BrNOS/c1-16-11-5-3-2-4-10(11)14-8-9(7-13)6-12(14)15/h2-5,9H,6-8H2,1H3. The first-order valence-electron chi connectivity index (χ1n) is 5.25. The Morgan fingerprint density at radius 1 is 1.50 bits per heavy atom. The summed E-state index contributed by atoms with van der Waals surface area (Å²) in [4.78, 5) is 15.0. The fraction of sp³-hybridized carbons (Fsp3) is 0.417. The second-order valence-corrected chi connectivity index (χ2v) is 5.40. The Kier molecular flexibility index (Phi) is 3.92. The Morgan fingerprint density at radius 3 is 2.88 bits per heavy atom. The molecular weight excluding hydrogens is 286 g/mol. The molecule has 0 aliphatic carbocycles. The fourth-order valence-corrected chi connectivity index (χ4v) is 3.01. The molecule has 1 amide bonds. The van der Waals surface area contributed by atoms with Crippen molar-refractivity contribution in [3.05, 3.63) is 24.3 Å². The van der Waals surface area contributed by atoms with E-state index in [9.17, 15) is 4.79 Å². The quantitative estimate of drug-likeness (QED) is 0.631. The van der Waals surface area contributed by atoms with Gasteiger partial charge in [-0.25, -0.2) is 0 Å². The number of anilines is 1. The van der Waals surface area contributed by atoms with Crippen LogP contribution >= 0.6 is 27.7 Å². The molecule has 0 aromatic heterocycles. The monoisotopic (exact) mass is 299 g/mol. The summed E-state index contributed by atoms with van der Waals surface area (Å²) < 4.78 is 0. The molecule has 0 radical (unpaired) electrons. The van der Waals surface area contributed by atoms with E-state index in [1.165, 1.54) is 4.90 Å². The average molecular weight is 300 g/mol. The number of amides is 1. The van der Waals surface area contributed by atoms with Crippen molar-refractivity contribution >= 4 is 39.3 Å². The largest absolute Gasteiger partial charge is 0.311 e. The number of rotatable bonds is 3. The van der Waals surface area contributed by atoms with Crippen molar-refractivity contribution in [1.29, 1.82) is 0 Å². The maximum Gasteiger partial charge on any atom is 0.227 e. The van der Waals surface area contributed by atoms with Gasteiger partial charge in [-0.15, -0.1) is 11.8 Å². The number of carbonyl (C=O) groups is 1. The normalized spacial score (nSPS) is 20.5. The number of carbonyl (C=O) groups excluding carboxylic acids is 1. The van der Waals surface area contributed by atoms with E-state index < -0.39 is 0 Å². The van der Waals surface area contributed by atoms with Crippen molar-refractivity contribution in [2.24, 2.45) is 5.92 Å². The molecule has 0 N–H and O–H groups in total. The van der Waals surface area contributed by atoms with Gasteiger partial charge in [-0.2, -0.15) is 0 Å². The minimum absolute atomic E-state index is 0.242. The Bertz CT molecular complexity index is 396. The van der Waals surface area contributed by atoms with Gasteiger partial charge < -0.3 is 4.90 Å². The second-order valence-electron chi connectivity index (χ2n) is 3.90. The number of para-hydroxylation sites is 1. The van der Waals surface area contributed by atoms with E-state index in [4.69, 9.17) is 0 Å². The molecule has 0 saturated carbocycles. The molecule has 1 aliphatic heterocycles. The first-order valence-corrected chi connectivity index (χ1v) is 7.60. The summed E-state index contributed by atoms with van der Waals surface area (Å²) in [7, 11) is 0. The highest BCUT2D eigenvalue weighted by molar-refractivity contribution is 9.09. The van der Waals surface area contributed by atoms with Crippen LogP contribution < -0.4 is 4.90 Å². The van der Waals surface area contributed by atoms with Gasteiger partial charge in [-0.3, -0.25) is 4.79 Å². The number of benzene rings is 1. The van der Waals surface area contributed by atoms with Crippen LogP contribution in [-0.4, -0.2) is 24.0 Å². The minimum atomic E-state index is 0.242. The molecule has 86 valence electrons. The van der Waals surface area contributed by atoms with Crippen LogP contribution in [0.1, 0.15) is 6.42 Å². The molecule has 2 rings (SSSR count). The van der Waals surface area contributed by atoms with Gasteiger partial charge in [0.05, 0.1) is 5.69 Å². The third-order valence-corrected chi connectivity index (χ3v) is 4.50. The second kappa shape index (κ2) is 5.23. The summed E-state index contributed by atoms with van der Waals surface area (Å²) in [5, 5.41) is 0.899. The highest BCUT2D eigenvalue weighted by atomic mass is 79.9. The Labute approximate surface area is 109 Å². The van der Waals surface area contributed by atoms with E-state index in [2.05, 4.69) is 22.0 Å². The molecule has 1 aromatic rings. The van der Waals surface area contributed by atoms with Gasteiger partial charge in [-0.05, 0) is 24.3 Å². The van der Waals surface area contributed by atoms with Crippen LogP contribution in [-0.2, 0) is 4.79 Å². The number of alkyl halides is 1. The zero-order valence-corrected chi connectivity index (χ0v) is 11.6. The van der Waals surface area contributed by atoms with Crippen LogP contribution in [0, 0.1) is 5.92 Å².